The van der Waals surface area contributed by atoms with E-state index in [9.17, 15) is 4.79 Å². The zero-order valence-corrected chi connectivity index (χ0v) is 14.8. The van der Waals surface area contributed by atoms with Crippen LogP contribution in [0.4, 0.5) is 0 Å². The van der Waals surface area contributed by atoms with Crippen molar-refractivity contribution in [3.8, 4) is 11.8 Å². The second-order valence-corrected chi connectivity index (χ2v) is 6.36. The lowest BCUT2D eigenvalue weighted by Crippen LogP contribution is -2.51. The Bertz CT molecular complexity index is 763. The van der Waals surface area contributed by atoms with Crippen molar-refractivity contribution in [1.82, 2.24) is 14.8 Å². The molecule has 1 saturated heterocycles. The molecule has 6 heteroatoms. The summed E-state index contributed by atoms with van der Waals surface area (Å²) in [4.78, 5) is 20.9. The van der Waals surface area contributed by atoms with Crippen LogP contribution in [0.2, 0.25) is 0 Å². The third-order valence-corrected chi connectivity index (χ3v) is 4.46. The molecule has 1 unspecified atom stereocenters. The molecule has 0 saturated carbocycles. The van der Waals surface area contributed by atoms with Crippen LogP contribution in [0, 0.1) is 11.3 Å². The topological polar surface area (TPSA) is 69.5 Å². The number of hydrogen-bond donors (Lipinski definition) is 0. The van der Waals surface area contributed by atoms with Crippen molar-refractivity contribution in [3.05, 3.63) is 59.9 Å². The van der Waals surface area contributed by atoms with Gasteiger partial charge in [0.05, 0.1) is 11.6 Å². The van der Waals surface area contributed by atoms with Gasteiger partial charge in [-0.2, -0.15) is 5.26 Å². The average Bonchev–Trinajstić information content (AvgIpc) is 2.69. The predicted molar refractivity (Wildman–Crippen MR) is 97.3 cm³/mol. The van der Waals surface area contributed by atoms with Crippen LogP contribution < -0.4 is 4.74 Å². The highest BCUT2D eigenvalue weighted by Gasteiger charge is 2.26. The molecule has 6 nitrogen and oxygen atoms in total. The van der Waals surface area contributed by atoms with Gasteiger partial charge < -0.3 is 9.64 Å². The molecule has 2 heterocycles. The highest BCUT2D eigenvalue weighted by Crippen LogP contribution is 2.15. The van der Waals surface area contributed by atoms with Gasteiger partial charge in [0.25, 0.3) is 5.91 Å². The van der Waals surface area contributed by atoms with Crippen molar-refractivity contribution < 1.29 is 9.53 Å². The molecule has 26 heavy (non-hydrogen) atoms. The number of pyridine rings is 1. The van der Waals surface area contributed by atoms with Gasteiger partial charge in [0.15, 0.2) is 6.10 Å². The van der Waals surface area contributed by atoms with Crippen LogP contribution in [0.15, 0.2) is 48.8 Å². The lowest BCUT2D eigenvalue weighted by atomic mass is 10.2. The van der Waals surface area contributed by atoms with E-state index in [1.54, 1.807) is 37.4 Å². The molecule has 1 atom stereocenters. The molecule has 1 aliphatic rings. The van der Waals surface area contributed by atoms with Crippen molar-refractivity contribution in [2.24, 2.45) is 0 Å². The van der Waals surface area contributed by atoms with Gasteiger partial charge in [0.1, 0.15) is 5.75 Å². The Kier molecular flexibility index (Phi) is 5.82. The summed E-state index contributed by atoms with van der Waals surface area (Å²) < 4.78 is 5.73. The van der Waals surface area contributed by atoms with Crippen LogP contribution in [-0.4, -0.2) is 53.0 Å². The Morgan fingerprint density at radius 2 is 1.96 bits per heavy atom. The third-order valence-electron chi connectivity index (χ3n) is 4.46. The predicted octanol–water partition coefficient (Wildman–Crippen LogP) is 2.06. The minimum absolute atomic E-state index is 0.00427. The molecule has 3 rings (SSSR count). The minimum Gasteiger partial charge on any atom is -0.481 e. The Balaban J connectivity index is 1.48. The first kappa shape index (κ1) is 17.9. The van der Waals surface area contributed by atoms with Gasteiger partial charge in [-0.15, -0.1) is 0 Å². The van der Waals surface area contributed by atoms with Gasteiger partial charge in [0.2, 0.25) is 0 Å². The number of ether oxygens (including phenoxy) is 1. The summed E-state index contributed by atoms with van der Waals surface area (Å²) in [5, 5.41) is 8.82. The highest BCUT2D eigenvalue weighted by atomic mass is 16.5. The van der Waals surface area contributed by atoms with Crippen molar-refractivity contribution in [1.29, 1.82) is 5.26 Å². The van der Waals surface area contributed by atoms with Crippen molar-refractivity contribution in [3.63, 3.8) is 0 Å². The fourth-order valence-electron chi connectivity index (χ4n) is 3.00. The number of rotatable bonds is 5. The SMILES string of the molecule is CC(Oc1ccc(C#N)cc1)C(=O)N1CCN(Cc2cccnc2)CC1. The fourth-order valence-corrected chi connectivity index (χ4v) is 3.00. The molecule has 0 aliphatic carbocycles. The average molecular weight is 350 g/mol. The number of amides is 1. The van der Waals surface area contributed by atoms with E-state index >= 15 is 0 Å². The summed E-state index contributed by atoms with van der Waals surface area (Å²) in [6.07, 6.45) is 3.10. The summed E-state index contributed by atoms with van der Waals surface area (Å²) >= 11 is 0. The molecular weight excluding hydrogens is 328 g/mol. The van der Waals surface area contributed by atoms with E-state index in [0.29, 0.717) is 24.4 Å². The number of hydrogen-bond acceptors (Lipinski definition) is 5. The van der Waals surface area contributed by atoms with Gasteiger partial charge in [-0.05, 0) is 42.8 Å². The molecule has 0 spiro atoms. The largest absolute Gasteiger partial charge is 0.481 e. The van der Waals surface area contributed by atoms with E-state index in [4.69, 9.17) is 10.00 Å². The Labute approximate surface area is 153 Å². The van der Waals surface area contributed by atoms with Crippen LogP contribution in [0.25, 0.3) is 0 Å². The standard InChI is InChI=1S/C20H22N4O2/c1-16(26-19-6-4-17(13-21)5-7-19)20(25)24-11-9-23(10-12-24)15-18-3-2-8-22-14-18/h2-8,14,16H,9-12,15H2,1H3. The van der Waals surface area contributed by atoms with Crippen LogP contribution in [0.5, 0.6) is 5.75 Å². The maximum absolute atomic E-state index is 12.6. The zero-order chi connectivity index (χ0) is 18.4. The van der Waals surface area contributed by atoms with Crippen molar-refractivity contribution >= 4 is 5.91 Å². The quantitative estimate of drug-likeness (QED) is 0.826. The lowest BCUT2D eigenvalue weighted by molar-refractivity contribution is -0.139. The molecular formula is C20H22N4O2. The first-order chi connectivity index (χ1) is 12.7. The molecule has 1 aromatic heterocycles. The molecule has 0 bridgehead atoms. The molecule has 1 fully saturated rings. The maximum atomic E-state index is 12.6. The van der Waals surface area contributed by atoms with E-state index < -0.39 is 6.10 Å². The fraction of sp³-hybridized carbons (Fsp3) is 0.350. The summed E-state index contributed by atoms with van der Waals surface area (Å²) in [6, 6.07) is 12.9. The number of carbonyl (C=O) groups is 1. The lowest BCUT2D eigenvalue weighted by Gasteiger charge is -2.35. The molecule has 1 aromatic carbocycles. The normalized spacial score (nSPS) is 15.9. The van der Waals surface area contributed by atoms with Crippen LogP contribution >= 0.6 is 0 Å². The number of piperazine rings is 1. The molecule has 2 aromatic rings. The van der Waals surface area contributed by atoms with Gasteiger partial charge in [0, 0.05) is 45.1 Å². The maximum Gasteiger partial charge on any atom is 0.263 e. The second-order valence-electron chi connectivity index (χ2n) is 6.36. The molecule has 1 aliphatic heterocycles. The van der Waals surface area contributed by atoms with E-state index in [-0.39, 0.29) is 5.91 Å². The van der Waals surface area contributed by atoms with Crippen LogP contribution in [0.1, 0.15) is 18.1 Å². The molecule has 0 N–H and O–H groups in total. The summed E-state index contributed by atoms with van der Waals surface area (Å²) in [5.41, 5.74) is 1.76. The summed E-state index contributed by atoms with van der Waals surface area (Å²) in [7, 11) is 0. The molecule has 134 valence electrons. The smallest absolute Gasteiger partial charge is 0.263 e. The second kappa shape index (κ2) is 8.45. The third kappa shape index (κ3) is 4.58. The molecule has 0 radical (unpaired) electrons. The van der Waals surface area contributed by atoms with E-state index in [1.807, 2.05) is 17.2 Å². The monoisotopic (exact) mass is 350 g/mol. The van der Waals surface area contributed by atoms with E-state index in [0.717, 1.165) is 19.6 Å². The van der Waals surface area contributed by atoms with E-state index in [1.165, 1.54) is 5.56 Å². The van der Waals surface area contributed by atoms with E-state index in [2.05, 4.69) is 22.0 Å². The first-order valence-electron chi connectivity index (χ1n) is 8.72. The summed E-state index contributed by atoms with van der Waals surface area (Å²) in [5.74, 6) is 0.593. The Morgan fingerprint density at radius 1 is 1.23 bits per heavy atom. The Morgan fingerprint density at radius 3 is 2.58 bits per heavy atom. The van der Waals surface area contributed by atoms with Crippen LogP contribution in [0.3, 0.4) is 0 Å². The Hall–Kier alpha value is -2.91. The first-order valence-corrected chi connectivity index (χ1v) is 8.72. The summed E-state index contributed by atoms with van der Waals surface area (Å²) in [6.45, 7) is 5.69. The number of nitriles is 1. The van der Waals surface area contributed by atoms with Gasteiger partial charge in [-0.3, -0.25) is 14.7 Å². The number of aromatic nitrogens is 1. The number of nitrogens with zero attached hydrogens (tertiary/aromatic N) is 4. The number of benzene rings is 1. The minimum atomic E-state index is -0.548. The van der Waals surface area contributed by atoms with Gasteiger partial charge >= 0.3 is 0 Å². The molecule has 1 amide bonds. The highest BCUT2D eigenvalue weighted by molar-refractivity contribution is 5.81. The van der Waals surface area contributed by atoms with Crippen LogP contribution in [-0.2, 0) is 11.3 Å². The van der Waals surface area contributed by atoms with Gasteiger partial charge in [-0.25, -0.2) is 0 Å². The zero-order valence-electron chi connectivity index (χ0n) is 14.8. The van der Waals surface area contributed by atoms with Crippen molar-refractivity contribution in [2.75, 3.05) is 26.2 Å². The van der Waals surface area contributed by atoms with Crippen molar-refractivity contribution in [2.45, 2.75) is 19.6 Å². The van der Waals surface area contributed by atoms with Gasteiger partial charge in [-0.1, -0.05) is 6.07 Å². The number of carbonyl (C=O) groups excluding carboxylic acids is 1.